The van der Waals surface area contributed by atoms with E-state index in [0.29, 0.717) is 19.0 Å². The normalized spacial score (nSPS) is 24.6. The molecule has 2 atom stereocenters. The van der Waals surface area contributed by atoms with Gasteiger partial charge in [0.2, 0.25) is 11.8 Å². The number of hydrogen-bond donors (Lipinski definition) is 1. The summed E-state index contributed by atoms with van der Waals surface area (Å²) in [6.07, 6.45) is 6.60. The van der Waals surface area contributed by atoms with Crippen molar-refractivity contribution in [2.75, 3.05) is 33.9 Å². The molecule has 6 nitrogen and oxygen atoms in total. The van der Waals surface area contributed by atoms with Gasteiger partial charge in [0.25, 0.3) is 0 Å². The maximum absolute atomic E-state index is 13.1. The van der Waals surface area contributed by atoms with Gasteiger partial charge in [-0.15, -0.1) is 0 Å². The van der Waals surface area contributed by atoms with Crippen molar-refractivity contribution in [3.05, 3.63) is 23.8 Å². The van der Waals surface area contributed by atoms with E-state index < -0.39 is 0 Å². The van der Waals surface area contributed by atoms with Crippen molar-refractivity contribution >= 4 is 11.8 Å². The van der Waals surface area contributed by atoms with Crippen LogP contribution in [0.4, 0.5) is 0 Å². The fraction of sp³-hybridized carbons (Fsp3) is 0.652. The predicted molar refractivity (Wildman–Crippen MR) is 110 cm³/mol. The van der Waals surface area contributed by atoms with Crippen LogP contribution in [0.3, 0.4) is 0 Å². The number of amides is 2. The molecule has 0 spiro atoms. The number of rotatable bonds is 7. The Balaban J connectivity index is 1.58. The third kappa shape index (κ3) is 4.36. The number of benzene rings is 1. The summed E-state index contributed by atoms with van der Waals surface area (Å²) in [5.74, 6) is 2.13. The van der Waals surface area contributed by atoms with Crippen LogP contribution in [0, 0.1) is 17.8 Å². The number of carbonyl (C=O) groups excluding carboxylic acids is 2. The van der Waals surface area contributed by atoms with E-state index in [-0.39, 0.29) is 29.6 Å². The Kier molecular flexibility index (Phi) is 5.97. The molecule has 3 fully saturated rings. The molecular weight excluding hydrogens is 368 g/mol. The number of likely N-dealkylation sites (tertiary alicyclic amines) is 1. The maximum Gasteiger partial charge on any atom is 0.225 e. The second-order valence-electron chi connectivity index (χ2n) is 8.73. The lowest BCUT2D eigenvalue weighted by molar-refractivity contribution is -0.134. The molecule has 1 aromatic carbocycles. The Hall–Kier alpha value is -2.24. The fourth-order valence-electron chi connectivity index (χ4n) is 4.82. The third-order valence-electron chi connectivity index (χ3n) is 6.77. The minimum atomic E-state index is -0.264. The molecule has 1 N–H and O–H groups in total. The molecule has 6 heteroatoms. The van der Waals surface area contributed by atoms with E-state index in [4.69, 9.17) is 9.47 Å². The molecule has 2 amide bonds. The SMILES string of the molecule is COc1ccc(OC)c(C2CN(C(=O)C3CCCC3)CC2C(=O)NCC2CC2)c1. The molecular formula is C23H32N2O4. The molecule has 0 bridgehead atoms. The van der Waals surface area contributed by atoms with E-state index in [1.807, 2.05) is 23.1 Å². The highest BCUT2D eigenvalue weighted by Crippen LogP contribution is 2.41. The van der Waals surface area contributed by atoms with E-state index in [0.717, 1.165) is 49.3 Å². The summed E-state index contributed by atoms with van der Waals surface area (Å²) in [7, 11) is 3.28. The summed E-state index contributed by atoms with van der Waals surface area (Å²) in [6, 6.07) is 5.70. The van der Waals surface area contributed by atoms with Crippen LogP contribution in [0.1, 0.15) is 50.0 Å². The van der Waals surface area contributed by atoms with Gasteiger partial charge in [-0.2, -0.15) is 0 Å². The standard InChI is InChI=1S/C23H32N2O4/c1-28-17-9-10-21(29-2)18(11-17)19-13-25(23(27)16-5-3-4-6-16)14-20(19)22(26)24-12-15-7-8-15/h9-11,15-16,19-20H,3-8,12-14H2,1-2H3,(H,24,26). The highest BCUT2D eigenvalue weighted by Gasteiger charge is 2.43. The number of hydrogen-bond acceptors (Lipinski definition) is 4. The summed E-state index contributed by atoms with van der Waals surface area (Å²) in [5.41, 5.74) is 0.945. The van der Waals surface area contributed by atoms with Crippen LogP contribution in [0.15, 0.2) is 18.2 Å². The molecule has 1 aliphatic heterocycles. The second kappa shape index (κ2) is 8.64. The number of methoxy groups -OCH3 is 2. The van der Waals surface area contributed by atoms with E-state index in [9.17, 15) is 9.59 Å². The Morgan fingerprint density at radius 2 is 1.83 bits per heavy atom. The van der Waals surface area contributed by atoms with Crippen LogP contribution in [0.2, 0.25) is 0 Å². The minimum absolute atomic E-state index is 0.0495. The highest BCUT2D eigenvalue weighted by atomic mass is 16.5. The number of nitrogens with one attached hydrogen (secondary N) is 1. The van der Waals surface area contributed by atoms with Gasteiger partial charge in [-0.25, -0.2) is 0 Å². The van der Waals surface area contributed by atoms with Gasteiger partial charge in [-0.05, 0) is 49.8 Å². The van der Waals surface area contributed by atoms with Crippen LogP contribution in [-0.4, -0.2) is 50.6 Å². The quantitative estimate of drug-likeness (QED) is 0.764. The van der Waals surface area contributed by atoms with Crippen LogP contribution in [0.5, 0.6) is 11.5 Å². The molecule has 2 saturated carbocycles. The van der Waals surface area contributed by atoms with Crippen LogP contribution >= 0.6 is 0 Å². The predicted octanol–water partition coefficient (Wildman–Crippen LogP) is 2.96. The summed E-state index contributed by atoms with van der Waals surface area (Å²) in [5, 5.41) is 3.13. The third-order valence-corrected chi connectivity index (χ3v) is 6.77. The van der Waals surface area contributed by atoms with Crippen molar-refractivity contribution < 1.29 is 19.1 Å². The molecule has 3 aliphatic rings. The first-order chi connectivity index (χ1) is 14.1. The fourth-order valence-corrected chi connectivity index (χ4v) is 4.82. The summed E-state index contributed by atoms with van der Waals surface area (Å²) in [6.45, 7) is 1.78. The lowest BCUT2D eigenvalue weighted by atomic mass is 9.87. The van der Waals surface area contributed by atoms with Crippen molar-refractivity contribution in [1.29, 1.82) is 0 Å². The Bertz CT molecular complexity index is 755. The van der Waals surface area contributed by atoms with Gasteiger partial charge in [-0.3, -0.25) is 9.59 Å². The number of nitrogens with zero attached hydrogens (tertiary/aromatic N) is 1. The smallest absolute Gasteiger partial charge is 0.225 e. The van der Waals surface area contributed by atoms with Crippen molar-refractivity contribution in [2.45, 2.75) is 44.4 Å². The van der Waals surface area contributed by atoms with Gasteiger partial charge in [0.05, 0.1) is 20.1 Å². The largest absolute Gasteiger partial charge is 0.497 e. The first-order valence-electron chi connectivity index (χ1n) is 10.9. The lowest BCUT2D eigenvalue weighted by Crippen LogP contribution is -2.37. The summed E-state index contributed by atoms with van der Waals surface area (Å²) >= 11 is 0. The number of ether oxygens (including phenoxy) is 2. The molecule has 4 rings (SSSR count). The number of carbonyl (C=O) groups is 2. The highest BCUT2D eigenvalue weighted by molar-refractivity contribution is 5.84. The van der Waals surface area contributed by atoms with E-state index >= 15 is 0 Å². The van der Waals surface area contributed by atoms with Gasteiger partial charge in [0, 0.05) is 37.0 Å². The van der Waals surface area contributed by atoms with Crippen LogP contribution in [-0.2, 0) is 9.59 Å². The maximum atomic E-state index is 13.1. The minimum Gasteiger partial charge on any atom is -0.497 e. The van der Waals surface area contributed by atoms with Crippen molar-refractivity contribution in [2.24, 2.45) is 17.8 Å². The van der Waals surface area contributed by atoms with E-state index in [1.54, 1.807) is 14.2 Å². The Morgan fingerprint density at radius 3 is 2.48 bits per heavy atom. The van der Waals surface area contributed by atoms with Gasteiger partial charge in [-0.1, -0.05) is 12.8 Å². The van der Waals surface area contributed by atoms with Crippen molar-refractivity contribution in [1.82, 2.24) is 10.2 Å². The molecule has 29 heavy (non-hydrogen) atoms. The first-order valence-corrected chi connectivity index (χ1v) is 10.9. The van der Waals surface area contributed by atoms with Gasteiger partial charge < -0.3 is 19.7 Å². The molecule has 2 unspecified atom stereocenters. The summed E-state index contributed by atoms with van der Waals surface area (Å²) < 4.78 is 11.0. The molecule has 1 aromatic rings. The molecule has 0 radical (unpaired) electrons. The van der Waals surface area contributed by atoms with Crippen molar-refractivity contribution in [3.63, 3.8) is 0 Å². The van der Waals surface area contributed by atoms with Crippen LogP contribution in [0.25, 0.3) is 0 Å². The molecule has 1 saturated heterocycles. The zero-order valence-corrected chi connectivity index (χ0v) is 17.5. The van der Waals surface area contributed by atoms with Crippen LogP contribution < -0.4 is 14.8 Å². The average molecular weight is 401 g/mol. The molecule has 2 aliphatic carbocycles. The topological polar surface area (TPSA) is 67.9 Å². The Labute approximate surface area is 172 Å². The van der Waals surface area contributed by atoms with Gasteiger partial charge >= 0.3 is 0 Å². The first kappa shape index (κ1) is 20.0. The Morgan fingerprint density at radius 1 is 1.07 bits per heavy atom. The lowest BCUT2D eigenvalue weighted by Gasteiger charge is -2.21. The van der Waals surface area contributed by atoms with Gasteiger partial charge in [0.15, 0.2) is 0 Å². The zero-order chi connectivity index (χ0) is 20.4. The molecule has 0 aromatic heterocycles. The van der Waals surface area contributed by atoms with Crippen molar-refractivity contribution in [3.8, 4) is 11.5 Å². The summed E-state index contributed by atoms with van der Waals surface area (Å²) in [4.78, 5) is 28.1. The monoisotopic (exact) mass is 400 g/mol. The van der Waals surface area contributed by atoms with Gasteiger partial charge in [0.1, 0.15) is 11.5 Å². The average Bonchev–Trinajstić information content (AvgIpc) is 3.23. The molecule has 1 heterocycles. The van der Waals surface area contributed by atoms with E-state index in [2.05, 4.69) is 5.32 Å². The van der Waals surface area contributed by atoms with E-state index in [1.165, 1.54) is 12.8 Å². The molecule has 158 valence electrons. The second-order valence-corrected chi connectivity index (χ2v) is 8.73. The zero-order valence-electron chi connectivity index (χ0n) is 17.5.